The fourth-order valence-corrected chi connectivity index (χ4v) is 5.54. The van der Waals surface area contributed by atoms with Crippen LogP contribution in [0.2, 0.25) is 0 Å². The van der Waals surface area contributed by atoms with Crippen molar-refractivity contribution in [1.82, 2.24) is 0 Å². The number of carboxylic acids is 1. The van der Waals surface area contributed by atoms with Crippen LogP contribution in [0.15, 0.2) is 54.6 Å². The first kappa shape index (κ1) is 26.2. The zero-order valence-electron chi connectivity index (χ0n) is 21.6. The minimum atomic E-state index is -1.83. The normalized spacial score (nSPS) is 28.3. The summed E-state index contributed by atoms with van der Waals surface area (Å²) in [6.45, 7) is 0.298. The molecule has 11 heteroatoms. The van der Waals surface area contributed by atoms with Gasteiger partial charge >= 0.3 is 5.97 Å². The molecule has 3 aromatic rings. The topological polar surface area (TPSA) is 153 Å². The highest BCUT2D eigenvalue weighted by Gasteiger charge is 2.49. The number of carboxylic acid groups (broad SMARTS) is 1. The van der Waals surface area contributed by atoms with Gasteiger partial charge in [0.25, 0.3) is 0 Å². The molecule has 0 aliphatic carbocycles. The molecule has 0 spiro atoms. The molecular weight excluding hydrogens is 524 g/mol. The quantitative estimate of drug-likeness (QED) is 0.356. The van der Waals surface area contributed by atoms with Crippen LogP contribution in [0, 0.1) is 0 Å². The molecule has 7 unspecified atom stereocenters. The maximum absolute atomic E-state index is 11.5. The van der Waals surface area contributed by atoms with Crippen LogP contribution in [0.3, 0.4) is 0 Å². The van der Waals surface area contributed by atoms with Gasteiger partial charge < -0.3 is 48.8 Å². The Morgan fingerprint density at radius 2 is 1.73 bits per heavy atom. The molecule has 11 nitrogen and oxygen atoms in total. The van der Waals surface area contributed by atoms with Crippen molar-refractivity contribution in [2.75, 3.05) is 20.8 Å². The minimum Gasteiger partial charge on any atom is -0.493 e. The van der Waals surface area contributed by atoms with Crippen molar-refractivity contribution in [3.63, 3.8) is 0 Å². The van der Waals surface area contributed by atoms with Gasteiger partial charge in [-0.15, -0.1) is 0 Å². The van der Waals surface area contributed by atoms with Gasteiger partial charge in [-0.05, 0) is 23.3 Å². The van der Waals surface area contributed by atoms with E-state index in [1.807, 2.05) is 42.5 Å². The molecule has 3 aliphatic heterocycles. The van der Waals surface area contributed by atoms with Gasteiger partial charge in [-0.25, -0.2) is 4.79 Å². The van der Waals surface area contributed by atoms with E-state index >= 15 is 0 Å². The molecule has 40 heavy (non-hydrogen) atoms. The number of aliphatic hydroxyl groups excluding tert-OH is 3. The lowest BCUT2D eigenvalue weighted by atomic mass is 9.85. The maximum Gasteiger partial charge on any atom is 0.335 e. The minimum absolute atomic E-state index is 0.131. The van der Waals surface area contributed by atoms with Crippen LogP contribution < -0.4 is 23.7 Å². The average Bonchev–Trinajstić information content (AvgIpc) is 3.35. The SMILES string of the molecule is COc1ccc2c(c1OC)OC1c3c(cc(OC4OC(C(=O)O)C(O)C(O)C4O)cc3-c3ccccc3)OCC21. The van der Waals surface area contributed by atoms with Crippen LogP contribution in [0.25, 0.3) is 11.1 Å². The lowest BCUT2D eigenvalue weighted by molar-refractivity contribution is -0.271. The summed E-state index contributed by atoms with van der Waals surface area (Å²) < 4.78 is 35.0. The number of rotatable bonds is 6. The second-order valence-electron chi connectivity index (χ2n) is 9.78. The van der Waals surface area contributed by atoms with Crippen LogP contribution in [-0.4, -0.2) is 77.9 Å². The van der Waals surface area contributed by atoms with Crippen LogP contribution in [0.1, 0.15) is 23.1 Å². The van der Waals surface area contributed by atoms with Gasteiger partial charge in [0, 0.05) is 17.2 Å². The van der Waals surface area contributed by atoms with E-state index in [1.54, 1.807) is 26.4 Å². The number of hydrogen-bond donors (Lipinski definition) is 4. The number of aliphatic hydroxyl groups is 3. The predicted molar refractivity (Wildman–Crippen MR) is 138 cm³/mol. The number of aliphatic carboxylic acids is 1. The van der Waals surface area contributed by atoms with Gasteiger partial charge in [-0.1, -0.05) is 36.4 Å². The first-order valence-corrected chi connectivity index (χ1v) is 12.7. The zero-order chi connectivity index (χ0) is 28.1. The molecule has 0 aromatic heterocycles. The van der Waals surface area contributed by atoms with Crippen LogP contribution in [0.5, 0.6) is 28.7 Å². The standard InChI is InChI=1S/C29H28O11/c1-35-18-9-8-15-17-12-37-19-11-14(38-29-23(32)21(30)22(31)27(40-29)28(33)34)10-16(13-6-4-3-5-7-13)20(19)24(17)39-25(15)26(18)36-2/h3-11,17,21-24,27,29-32H,12H2,1-2H3,(H,33,34). The summed E-state index contributed by atoms with van der Waals surface area (Å²) in [4.78, 5) is 11.5. The first-order valence-electron chi connectivity index (χ1n) is 12.7. The van der Waals surface area contributed by atoms with Gasteiger partial charge in [0.05, 0.1) is 26.7 Å². The molecular formula is C29H28O11. The van der Waals surface area contributed by atoms with E-state index < -0.39 is 42.8 Å². The predicted octanol–water partition coefficient (Wildman–Crippen LogP) is 2.25. The number of ether oxygens (including phenoxy) is 6. The average molecular weight is 553 g/mol. The Labute approximate surface area is 229 Å². The maximum atomic E-state index is 11.5. The zero-order valence-corrected chi connectivity index (χ0v) is 21.6. The van der Waals surface area contributed by atoms with E-state index in [2.05, 4.69) is 0 Å². The molecule has 4 N–H and O–H groups in total. The third-order valence-electron chi connectivity index (χ3n) is 7.51. The van der Waals surface area contributed by atoms with Gasteiger partial charge in [0.2, 0.25) is 12.0 Å². The fraction of sp³-hybridized carbons (Fsp3) is 0.345. The first-order chi connectivity index (χ1) is 19.3. The van der Waals surface area contributed by atoms with E-state index in [-0.39, 0.29) is 11.7 Å². The molecule has 210 valence electrons. The summed E-state index contributed by atoms with van der Waals surface area (Å²) >= 11 is 0. The van der Waals surface area contributed by atoms with Crippen molar-refractivity contribution in [2.45, 2.75) is 42.7 Å². The van der Waals surface area contributed by atoms with Gasteiger partial charge in [0.15, 0.2) is 17.6 Å². The molecule has 0 amide bonds. The van der Waals surface area contributed by atoms with Gasteiger partial charge in [0.1, 0.15) is 35.9 Å². The monoisotopic (exact) mass is 552 g/mol. The van der Waals surface area contributed by atoms with E-state index in [9.17, 15) is 25.2 Å². The van der Waals surface area contributed by atoms with Crippen molar-refractivity contribution < 1.29 is 53.6 Å². The Morgan fingerprint density at radius 1 is 0.950 bits per heavy atom. The number of benzene rings is 3. The van der Waals surface area contributed by atoms with Gasteiger partial charge in [-0.2, -0.15) is 0 Å². The highest BCUT2D eigenvalue weighted by molar-refractivity contribution is 5.75. The molecule has 1 saturated heterocycles. The van der Waals surface area contributed by atoms with Crippen LogP contribution in [-0.2, 0) is 9.53 Å². The Kier molecular flexibility index (Phi) is 6.67. The third kappa shape index (κ3) is 4.18. The Morgan fingerprint density at radius 3 is 2.42 bits per heavy atom. The molecule has 3 aromatic carbocycles. The van der Waals surface area contributed by atoms with Gasteiger partial charge in [-0.3, -0.25) is 0 Å². The molecule has 7 atom stereocenters. The van der Waals surface area contributed by atoms with E-state index in [0.29, 0.717) is 29.6 Å². The van der Waals surface area contributed by atoms with Crippen molar-refractivity contribution >= 4 is 5.97 Å². The number of carbonyl (C=O) groups is 1. The largest absolute Gasteiger partial charge is 0.493 e. The second kappa shape index (κ2) is 10.2. The molecule has 6 rings (SSSR count). The summed E-state index contributed by atoms with van der Waals surface area (Å²) in [6.07, 6.45) is -9.10. The smallest absolute Gasteiger partial charge is 0.335 e. The van der Waals surface area contributed by atoms with Crippen LogP contribution in [0.4, 0.5) is 0 Å². The second-order valence-corrected chi connectivity index (χ2v) is 9.78. The number of fused-ring (bicyclic) bond motifs is 5. The Bertz CT molecular complexity index is 1430. The summed E-state index contributed by atoms with van der Waals surface area (Å²) in [7, 11) is 3.12. The number of hydrogen-bond acceptors (Lipinski definition) is 10. The van der Waals surface area contributed by atoms with Crippen molar-refractivity contribution in [1.29, 1.82) is 0 Å². The summed E-state index contributed by atoms with van der Waals surface area (Å²) in [5.74, 6) is 0.661. The molecule has 1 fully saturated rings. The highest BCUT2D eigenvalue weighted by atomic mass is 16.7. The summed E-state index contributed by atoms with van der Waals surface area (Å²) in [5, 5.41) is 40.1. The summed E-state index contributed by atoms with van der Waals surface area (Å²) in [6, 6.07) is 16.6. The van der Waals surface area contributed by atoms with Crippen molar-refractivity contribution in [2.24, 2.45) is 0 Å². The van der Waals surface area contributed by atoms with Crippen molar-refractivity contribution in [3.8, 4) is 39.9 Å². The summed E-state index contributed by atoms with van der Waals surface area (Å²) in [5.41, 5.74) is 3.26. The molecule has 0 saturated carbocycles. The molecule has 3 heterocycles. The highest BCUT2D eigenvalue weighted by Crippen LogP contribution is 2.58. The number of methoxy groups -OCH3 is 2. The molecule has 0 radical (unpaired) electrons. The van der Waals surface area contributed by atoms with Crippen molar-refractivity contribution in [3.05, 3.63) is 65.7 Å². The van der Waals surface area contributed by atoms with E-state index in [4.69, 9.17) is 28.4 Å². The Balaban J connectivity index is 1.41. The molecule has 3 aliphatic rings. The van der Waals surface area contributed by atoms with E-state index in [0.717, 1.165) is 22.3 Å². The third-order valence-corrected chi connectivity index (χ3v) is 7.51. The molecule has 0 bridgehead atoms. The Hall–Kier alpha value is -4.03. The lowest BCUT2D eigenvalue weighted by Crippen LogP contribution is -2.61. The fourth-order valence-electron chi connectivity index (χ4n) is 5.54. The van der Waals surface area contributed by atoms with Crippen LogP contribution >= 0.6 is 0 Å². The lowest BCUT2D eigenvalue weighted by Gasteiger charge is -2.38. The van der Waals surface area contributed by atoms with E-state index in [1.165, 1.54) is 0 Å².